The number of hydrogen-bond donors (Lipinski definition) is 0. The van der Waals surface area contributed by atoms with Gasteiger partial charge >= 0.3 is 0 Å². The second-order valence-electron chi connectivity index (χ2n) is 8.04. The summed E-state index contributed by atoms with van der Waals surface area (Å²) in [7, 11) is 0. The van der Waals surface area contributed by atoms with Crippen molar-refractivity contribution in [2.45, 2.75) is 0 Å². The molecule has 3 aromatic heterocycles. The van der Waals surface area contributed by atoms with Gasteiger partial charge in [0.2, 0.25) is 0 Å². The second-order valence-corrected chi connectivity index (χ2v) is 8.04. The van der Waals surface area contributed by atoms with Crippen LogP contribution in [0.4, 0.5) is 4.39 Å². The van der Waals surface area contributed by atoms with Crippen LogP contribution in [0.15, 0.2) is 102 Å². The van der Waals surface area contributed by atoms with Crippen LogP contribution in [0.25, 0.3) is 61.0 Å². The molecule has 0 radical (unpaired) electrons. The molecule has 0 aliphatic carbocycles. The average molecular weight is 429 g/mol. The molecule has 7 aromatic rings. The van der Waals surface area contributed by atoms with Gasteiger partial charge < -0.3 is 4.42 Å². The van der Waals surface area contributed by atoms with Crippen LogP contribution in [0.2, 0.25) is 0 Å². The van der Waals surface area contributed by atoms with E-state index in [-0.39, 0.29) is 5.82 Å². The number of aromatic nitrogens is 3. The number of pyridine rings is 1. The summed E-state index contributed by atoms with van der Waals surface area (Å²) in [4.78, 5) is 9.63. The molecule has 3 heterocycles. The van der Waals surface area contributed by atoms with E-state index in [1.807, 2.05) is 60.8 Å². The molecule has 0 aliphatic heterocycles. The summed E-state index contributed by atoms with van der Waals surface area (Å²) in [6.07, 6.45) is 1.81. The highest BCUT2D eigenvalue weighted by atomic mass is 19.1. The predicted octanol–water partition coefficient (Wildman–Crippen LogP) is 7.28. The summed E-state index contributed by atoms with van der Waals surface area (Å²) in [5, 5.41) is 2.83. The molecule has 0 saturated heterocycles. The predicted molar refractivity (Wildman–Crippen MR) is 129 cm³/mol. The molecule has 156 valence electrons. The summed E-state index contributed by atoms with van der Waals surface area (Å²) in [5.41, 5.74) is 5.73. The van der Waals surface area contributed by atoms with Crippen molar-refractivity contribution in [1.29, 1.82) is 0 Å². The minimum atomic E-state index is -0.322. The van der Waals surface area contributed by atoms with Gasteiger partial charge in [0.25, 0.3) is 0 Å². The van der Waals surface area contributed by atoms with Gasteiger partial charge in [-0.05, 0) is 36.4 Å². The van der Waals surface area contributed by atoms with E-state index in [1.54, 1.807) is 6.07 Å². The summed E-state index contributed by atoms with van der Waals surface area (Å²) >= 11 is 0. The van der Waals surface area contributed by atoms with Crippen molar-refractivity contribution in [3.63, 3.8) is 0 Å². The maximum atomic E-state index is 13.9. The van der Waals surface area contributed by atoms with E-state index in [2.05, 4.69) is 27.8 Å². The van der Waals surface area contributed by atoms with Crippen molar-refractivity contribution < 1.29 is 8.81 Å². The van der Waals surface area contributed by atoms with E-state index in [4.69, 9.17) is 9.40 Å². The molecular weight excluding hydrogens is 413 g/mol. The standard InChI is InChI=1S/C28H16FN3O/c29-17-13-14-19-20-10-6-11-22(27(20)33-25(19)15-17)28-31-24-16-30-23-12-5-4-9-21(23)26(24)32(28)18-7-2-1-3-8-18/h1-16H. The Bertz CT molecular complexity index is 1830. The highest BCUT2D eigenvalue weighted by Crippen LogP contribution is 2.38. The van der Waals surface area contributed by atoms with Crippen molar-refractivity contribution in [2.75, 3.05) is 0 Å². The zero-order valence-electron chi connectivity index (χ0n) is 17.4. The molecule has 0 bridgehead atoms. The molecule has 7 rings (SSSR count). The topological polar surface area (TPSA) is 43.9 Å². The Hall–Kier alpha value is -4.51. The van der Waals surface area contributed by atoms with E-state index < -0.39 is 0 Å². The third-order valence-electron chi connectivity index (χ3n) is 6.11. The Balaban J connectivity index is 1.64. The SMILES string of the molecule is Fc1ccc2c(c1)oc1c(-c3nc4cnc5ccccc5c4n3-c3ccccc3)cccc12. The van der Waals surface area contributed by atoms with Gasteiger partial charge in [-0.2, -0.15) is 0 Å². The van der Waals surface area contributed by atoms with E-state index >= 15 is 0 Å². The Morgan fingerprint density at radius 1 is 0.727 bits per heavy atom. The van der Waals surface area contributed by atoms with E-state index in [9.17, 15) is 4.39 Å². The van der Waals surface area contributed by atoms with Gasteiger partial charge in [-0.1, -0.05) is 48.5 Å². The average Bonchev–Trinajstić information content (AvgIpc) is 3.42. The summed E-state index contributed by atoms with van der Waals surface area (Å²) < 4.78 is 22.2. The molecule has 4 nitrogen and oxygen atoms in total. The lowest BCUT2D eigenvalue weighted by Crippen LogP contribution is -1.98. The zero-order chi connectivity index (χ0) is 21.9. The monoisotopic (exact) mass is 429 g/mol. The van der Waals surface area contributed by atoms with Gasteiger partial charge in [-0.3, -0.25) is 9.55 Å². The fourth-order valence-electron chi connectivity index (χ4n) is 4.66. The molecule has 5 heteroatoms. The Labute approximate surface area is 187 Å². The fraction of sp³-hybridized carbons (Fsp3) is 0. The van der Waals surface area contributed by atoms with Gasteiger partial charge in [0.15, 0.2) is 0 Å². The van der Waals surface area contributed by atoms with Crippen LogP contribution in [0.3, 0.4) is 0 Å². The fourth-order valence-corrected chi connectivity index (χ4v) is 4.66. The third-order valence-corrected chi connectivity index (χ3v) is 6.11. The molecule has 0 spiro atoms. The highest BCUT2D eigenvalue weighted by Gasteiger charge is 2.21. The minimum absolute atomic E-state index is 0.322. The maximum absolute atomic E-state index is 13.9. The Morgan fingerprint density at radius 2 is 1.55 bits per heavy atom. The lowest BCUT2D eigenvalue weighted by atomic mass is 10.1. The molecule has 0 saturated carbocycles. The smallest absolute Gasteiger partial charge is 0.149 e. The first-order valence-electron chi connectivity index (χ1n) is 10.7. The maximum Gasteiger partial charge on any atom is 0.149 e. The van der Waals surface area contributed by atoms with Crippen LogP contribution in [-0.4, -0.2) is 14.5 Å². The number of nitrogens with zero attached hydrogens (tertiary/aromatic N) is 3. The van der Waals surface area contributed by atoms with Crippen LogP contribution < -0.4 is 0 Å². The van der Waals surface area contributed by atoms with Crippen LogP contribution in [0, 0.1) is 5.82 Å². The van der Waals surface area contributed by atoms with Crippen molar-refractivity contribution in [1.82, 2.24) is 14.5 Å². The van der Waals surface area contributed by atoms with Crippen molar-refractivity contribution in [3.8, 4) is 17.1 Å². The van der Waals surface area contributed by atoms with E-state index in [0.29, 0.717) is 11.2 Å². The van der Waals surface area contributed by atoms with E-state index in [1.165, 1.54) is 12.1 Å². The Kier molecular flexibility index (Phi) is 3.70. The number of hydrogen-bond acceptors (Lipinski definition) is 3. The first-order valence-corrected chi connectivity index (χ1v) is 10.7. The molecule has 0 N–H and O–H groups in total. The van der Waals surface area contributed by atoms with Crippen molar-refractivity contribution in [3.05, 3.63) is 103 Å². The molecule has 0 unspecified atom stereocenters. The second kappa shape index (κ2) is 6.74. The molecular formula is C28H16FN3O. The number of rotatable bonds is 2. The molecule has 0 amide bonds. The van der Waals surface area contributed by atoms with Crippen LogP contribution in [0.1, 0.15) is 0 Å². The minimum Gasteiger partial charge on any atom is -0.455 e. The first-order chi connectivity index (χ1) is 16.3. The normalized spacial score (nSPS) is 11.8. The van der Waals surface area contributed by atoms with Gasteiger partial charge in [0.1, 0.15) is 28.3 Å². The lowest BCUT2D eigenvalue weighted by Gasteiger charge is -2.11. The molecule has 4 aromatic carbocycles. The van der Waals surface area contributed by atoms with E-state index in [0.717, 1.165) is 49.8 Å². The quantitative estimate of drug-likeness (QED) is 0.290. The third kappa shape index (κ3) is 2.62. The van der Waals surface area contributed by atoms with Crippen LogP contribution >= 0.6 is 0 Å². The lowest BCUT2D eigenvalue weighted by molar-refractivity contribution is 0.618. The van der Waals surface area contributed by atoms with Crippen LogP contribution in [-0.2, 0) is 0 Å². The molecule has 0 fully saturated rings. The number of halogens is 1. The van der Waals surface area contributed by atoms with Crippen molar-refractivity contribution >= 4 is 43.9 Å². The largest absolute Gasteiger partial charge is 0.455 e. The summed E-state index contributed by atoms with van der Waals surface area (Å²) in [5.74, 6) is 0.427. The number of imidazole rings is 1. The van der Waals surface area contributed by atoms with Gasteiger partial charge in [0, 0.05) is 27.9 Å². The number of furan rings is 1. The summed E-state index contributed by atoms with van der Waals surface area (Å²) in [6, 6.07) is 28.9. The van der Waals surface area contributed by atoms with Gasteiger partial charge in [-0.25, -0.2) is 9.37 Å². The Morgan fingerprint density at radius 3 is 2.45 bits per heavy atom. The molecule has 0 aliphatic rings. The highest BCUT2D eigenvalue weighted by molar-refractivity contribution is 6.10. The van der Waals surface area contributed by atoms with Gasteiger partial charge in [0.05, 0.1) is 22.8 Å². The molecule has 33 heavy (non-hydrogen) atoms. The van der Waals surface area contributed by atoms with Crippen molar-refractivity contribution in [2.24, 2.45) is 0 Å². The zero-order valence-corrected chi connectivity index (χ0v) is 17.4. The first kappa shape index (κ1) is 18.1. The molecule has 0 atom stereocenters. The number of para-hydroxylation sites is 3. The number of fused-ring (bicyclic) bond motifs is 6. The summed E-state index contributed by atoms with van der Waals surface area (Å²) in [6.45, 7) is 0. The van der Waals surface area contributed by atoms with Gasteiger partial charge in [-0.15, -0.1) is 0 Å². The van der Waals surface area contributed by atoms with Crippen LogP contribution in [0.5, 0.6) is 0 Å². The number of benzene rings is 4.